The number of sulfonamides is 1. The highest BCUT2D eigenvalue weighted by Gasteiger charge is 2.67. The minimum absolute atomic E-state index is 0.100. The summed E-state index contributed by atoms with van der Waals surface area (Å²) in [7, 11) is -2.74. The van der Waals surface area contributed by atoms with Gasteiger partial charge in [0.25, 0.3) is 17.9 Å². The van der Waals surface area contributed by atoms with E-state index in [0.717, 1.165) is 45.8 Å². The molecule has 0 radical (unpaired) electrons. The van der Waals surface area contributed by atoms with Crippen molar-refractivity contribution in [1.29, 1.82) is 0 Å². The minimum Gasteiger partial charge on any atom is -0.344 e. The van der Waals surface area contributed by atoms with E-state index >= 15 is 13.6 Å². The molecule has 1 saturated carbocycles. The van der Waals surface area contributed by atoms with E-state index in [1.54, 1.807) is 0 Å². The number of aromatic nitrogens is 7. The summed E-state index contributed by atoms with van der Waals surface area (Å²) in [6.45, 7) is -1.17. The molecule has 0 bridgehead atoms. The molecule has 3 atom stereocenters. The molecular weight excluding hydrogens is 990 g/mol. The largest absolute Gasteiger partial charge is 0.433 e. The third kappa shape index (κ3) is 8.60. The molecular formula is C42H28ClF12N9O4S. The molecule has 27 heteroatoms. The molecule has 4 heterocycles. The molecule has 2 aliphatic rings. The maximum Gasteiger partial charge on any atom is 0.433 e. The summed E-state index contributed by atoms with van der Waals surface area (Å²) in [4.78, 5) is 37.1. The first kappa shape index (κ1) is 47.4. The van der Waals surface area contributed by atoms with Crippen LogP contribution in [0.15, 0.2) is 65.5 Å². The smallest absolute Gasteiger partial charge is 0.344 e. The van der Waals surface area contributed by atoms with E-state index in [9.17, 15) is 57.1 Å². The average molecular weight is 1020 g/mol. The molecule has 1 fully saturated rings. The van der Waals surface area contributed by atoms with E-state index in [2.05, 4.69) is 30.2 Å². The van der Waals surface area contributed by atoms with Crippen LogP contribution in [0, 0.1) is 17.6 Å². The number of fused-ring (bicyclic) bond motifs is 5. The number of nitrogens with zero attached hydrogens (tertiary/aromatic N) is 7. The average Bonchev–Trinajstić information content (AvgIpc) is 3.77. The Morgan fingerprint density at radius 1 is 0.942 bits per heavy atom. The van der Waals surface area contributed by atoms with Crippen LogP contribution in [0.4, 0.5) is 58.5 Å². The van der Waals surface area contributed by atoms with Crippen molar-refractivity contribution in [3.8, 4) is 16.9 Å². The standard InChI is InChI=1S/C42H28ClF12N9O4S/c1-62-34-28(6-5-24(43)32(34)37(60-62)61-69(2,67)68)64-38(58-26-10-17(3-4-21(26)39(64)66)25-11-18(41(50,51)52)12-29(56-25)42(53,54)55)27(9-16-7-19(44)13-20(45)8-16)57-30(65)15-63-35-31(33(59-63)36(46)47)22-14-23(22)40(35,48)49/h3-8,10-13,22-23,27,36H,9,14-15H2,1-2H3,(H,57,65)(H,60,61)/t22-,23+,27-/m0/s1. The van der Waals surface area contributed by atoms with E-state index in [0.29, 0.717) is 16.8 Å². The van der Waals surface area contributed by atoms with Gasteiger partial charge in [-0.1, -0.05) is 17.7 Å². The summed E-state index contributed by atoms with van der Waals surface area (Å²) in [5.41, 5.74) is -9.43. The first-order valence-electron chi connectivity index (χ1n) is 20.0. The van der Waals surface area contributed by atoms with Crippen LogP contribution in [0.2, 0.25) is 5.02 Å². The van der Waals surface area contributed by atoms with Crippen molar-refractivity contribution in [1.82, 2.24) is 39.4 Å². The fourth-order valence-electron chi connectivity index (χ4n) is 8.73. The fourth-order valence-corrected chi connectivity index (χ4v) is 9.46. The van der Waals surface area contributed by atoms with Gasteiger partial charge in [0.2, 0.25) is 15.9 Å². The summed E-state index contributed by atoms with van der Waals surface area (Å²) in [5.74, 6) is -10.4. The highest BCUT2D eigenvalue weighted by atomic mass is 35.5. The SMILES string of the molecule is Cn1nc(NS(C)(=O)=O)c2c(Cl)ccc(-n3c([C@H](Cc4cc(F)cc(F)c4)NC(=O)Cn4nc(C(F)F)c5c4C(F)(F)[C@@H]4C[C@H]54)nc4cc(-c5cc(C(F)(F)F)cc(C(F)(F)F)n5)ccc4c3=O)c21. The van der Waals surface area contributed by atoms with Gasteiger partial charge in [-0.15, -0.1) is 0 Å². The van der Waals surface area contributed by atoms with Crippen LogP contribution in [-0.4, -0.2) is 54.7 Å². The lowest BCUT2D eigenvalue weighted by Crippen LogP contribution is -2.38. The lowest BCUT2D eigenvalue weighted by Gasteiger charge is -2.24. The number of hydrogen-bond donors (Lipinski definition) is 2. The van der Waals surface area contributed by atoms with Crippen molar-refractivity contribution in [2.45, 2.75) is 56.0 Å². The molecule has 2 aliphatic carbocycles. The van der Waals surface area contributed by atoms with Crippen LogP contribution in [0.5, 0.6) is 0 Å². The second kappa shape index (κ2) is 16.2. The lowest BCUT2D eigenvalue weighted by atomic mass is 10.0. The van der Waals surface area contributed by atoms with Gasteiger partial charge in [0.15, 0.2) is 5.82 Å². The summed E-state index contributed by atoms with van der Waals surface area (Å²) >= 11 is 6.56. The molecule has 13 nitrogen and oxygen atoms in total. The second-order valence-corrected chi connectivity index (χ2v) is 18.5. The van der Waals surface area contributed by atoms with Gasteiger partial charge in [-0.3, -0.25) is 28.2 Å². The Labute approximate surface area is 383 Å². The number of nitrogens with one attached hydrogen (secondary N) is 2. The maximum absolute atomic E-state index is 15.6. The van der Waals surface area contributed by atoms with Gasteiger partial charge in [-0.2, -0.15) is 45.3 Å². The molecule has 2 N–H and O–H groups in total. The summed E-state index contributed by atoms with van der Waals surface area (Å²) in [6, 6.07) is 5.68. The molecule has 4 aromatic heterocycles. The van der Waals surface area contributed by atoms with Crippen LogP contribution in [0.3, 0.4) is 0 Å². The second-order valence-electron chi connectivity index (χ2n) is 16.4. The van der Waals surface area contributed by atoms with Crippen LogP contribution in [0.1, 0.15) is 64.4 Å². The van der Waals surface area contributed by atoms with E-state index in [4.69, 9.17) is 11.6 Å². The summed E-state index contributed by atoms with van der Waals surface area (Å²) in [6.07, 6.45) is -14.0. The maximum atomic E-state index is 15.6. The normalized spacial score (nSPS) is 17.1. The van der Waals surface area contributed by atoms with Crippen LogP contribution < -0.4 is 15.6 Å². The molecule has 3 aromatic carbocycles. The number of carbonyl (C=O) groups is 1. The van der Waals surface area contributed by atoms with E-state index in [1.165, 1.54) is 19.2 Å². The number of anilines is 1. The van der Waals surface area contributed by atoms with Crippen molar-refractivity contribution >= 4 is 55.2 Å². The highest BCUT2D eigenvalue weighted by Crippen LogP contribution is 2.68. The Hall–Kier alpha value is -6.70. The molecule has 9 rings (SSSR count). The number of amides is 1. The van der Waals surface area contributed by atoms with Crippen molar-refractivity contribution in [3.05, 3.63) is 127 Å². The van der Waals surface area contributed by atoms with E-state index in [1.807, 2.05) is 0 Å². The first-order valence-corrected chi connectivity index (χ1v) is 22.3. The number of carbonyl (C=O) groups excluding carboxylic acids is 1. The Bertz CT molecular complexity index is 3430. The zero-order valence-corrected chi connectivity index (χ0v) is 36.4. The monoisotopic (exact) mass is 1020 g/mol. The number of benzene rings is 3. The lowest BCUT2D eigenvalue weighted by molar-refractivity contribution is -0.145. The molecule has 7 aromatic rings. The van der Waals surface area contributed by atoms with Gasteiger partial charge in [0.05, 0.1) is 56.1 Å². The van der Waals surface area contributed by atoms with Crippen LogP contribution in [-0.2, 0) is 53.1 Å². The Morgan fingerprint density at radius 2 is 1.64 bits per heavy atom. The quantitative estimate of drug-likeness (QED) is 0.122. The molecule has 0 spiro atoms. The predicted molar refractivity (Wildman–Crippen MR) is 221 cm³/mol. The van der Waals surface area contributed by atoms with Gasteiger partial charge >= 0.3 is 12.4 Å². The fraction of sp³-hybridized carbons (Fsp3) is 0.286. The van der Waals surface area contributed by atoms with Gasteiger partial charge in [0.1, 0.15) is 41.1 Å². The molecule has 362 valence electrons. The van der Waals surface area contributed by atoms with E-state index < -0.39 is 139 Å². The summed E-state index contributed by atoms with van der Waals surface area (Å²) < 4.78 is 202. The Kier molecular flexibility index (Phi) is 11.1. The topological polar surface area (TPSA) is 159 Å². The molecule has 0 saturated heterocycles. The van der Waals surface area contributed by atoms with Crippen LogP contribution in [0.25, 0.3) is 38.8 Å². The third-order valence-corrected chi connectivity index (χ3v) is 12.4. The van der Waals surface area contributed by atoms with Crippen LogP contribution >= 0.6 is 11.6 Å². The molecule has 0 aliphatic heterocycles. The number of hydrogen-bond acceptors (Lipinski definition) is 8. The predicted octanol–water partition coefficient (Wildman–Crippen LogP) is 9.12. The number of pyridine rings is 1. The first-order chi connectivity index (χ1) is 32.1. The number of rotatable bonds is 11. The van der Waals surface area contributed by atoms with E-state index in [-0.39, 0.29) is 50.9 Å². The number of halogens is 13. The van der Waals surface area contributed by atoms with Gasteiger partial charge in [-0.25, -0.2) is 35.9 Å². The van der Waals surface area contributed by atoms with Crippen molar-refractivity contribution in [3.63, 3.8) is 0 Å². The number of alkyl halides is 10. The van der Waals surface area contributed by atoms with Gasteiger partial charge < -0.3 is 5.32 Å². The summed E-state index contributed by atoms with van der Waals surface area (Å²) in [5, 5.41) is 9.67. The van der Waals surface area contributed by atoms with Crippen molar-refractivity contribution in [2.24, 2.45) is 13.0 Å². The minimum atomic E-state index is -5.37. The molecule has 0 unspecified atom stereocenters. The Morgan fingerprint density at radius 3 is 2.28 bits per heavy atom. The van der Waals surface area contributed by atoms with Gasteiger partial charge in [-0.05, 0) is 66.4 Å². The van der Waals surface area contributed by atoms with Crippen molar-refractivity contribution < 1.29 is 65.9 Å². The molecule has 1 amide bonds. The highest BCUT2D eigenvalue weighted by molar-refractivity contribution is 7.92. The zero-order valence-electron chi connectivity index (χ0n) is 34.8. The van der Waals surface area contributed by atoms with Crippen molar-refractivity contribution in [2.75, 3.05) is 11.0 Å². The third-order valence-electron chi connectivity index (χ3n) is 11.5. The Balaban J connectivity index is 1.28. The number of aryl methyl sites for hydroxylation is 1. The zero-order chi connectivity index (χ0) is 50.0. The molecule has 69 heavy (non-hydrogen) atoms. The van der Waals surface area contributed by atoms with Gasteiger partial charge in [0, 0.05) is 36.6 Å².